The average molecular weight is 298 g/mol. The van der Waals surface area contributed by atoms with Crippen LogP contribution in [0.25, 0.3) is 0 Å². The van der Waals surface area contributed by atoms with E-state index in [1.54, 1.807) is 0 Å². The first-order valence-corrected chi connectivity index (χ1v) is 6.71. The Morgan fingerprint density at radius 3 is 2.95 bits per heavy atom. The zero-order chi connectivity index (χ0) is 15.2. The smallest absolute Gasteiger partial charge is 0.258 e. The van der Waals surface area contributed by atoms with Crippen LogP contribution in [0.2, 0.25) is 0 Å². The Kier molecular flexibility index (Phi) is 5.08. The lowest BCUT2D eigenvalue weighted by Crippen LogP contribution is -2.46. The second-order valence-corrected chi connectivity index (χ2v) is 4.77. The average Bonchev–Trinajstić information content (AvgIpc) is 2.63. The Hall–Kier alpha value is -2.18. The highest BCUT2D eigenvalue weighted by Crippen LogP contribution is 2.17. The molecule has 0 aliphatic carbocycles. The van der Waals surface area contributed by atoms with E-state index in [1.807, 2.05) is 0 Å². The van der Waals surface area contributed by atoms with Crippen LogP contribution < -0.4 is 15.4 Å². The largest absolute Gasteiger partial charge is 0.481 e. The van der Waals surface area contributed by atoms with Gasteiger partial charge in [0, 0.05) is 12.6 Å². The lowest BCUT2D eigenvalue weighted by molar-refractivity contribution is -0.129. The van der Waals surface area contributed by atoms with Crippen LogP contribution in [0.1, 0.15) is 19.3 Å². The molecule has 0 saturated carbocycles. The van der Waals surface area contributed by atoms with E-state index >= 15 is 0 Å². The van der Waals surface area contributed by atoms with Gasteiger partial charge in [-0.15, -0.1) is 0 Å². The van der Waals surface area contributed by atoms with E-state index in [1.165, 1.54) is 0 Å². The maximum Gasteiger partial charge on any atom is 0.258 e. The molecule has 1 fully saturated rings. The zero-order valence-electron chi connectivity index (χ0n) is 11.3. The molecule has 0 spiro atoms. The minimum atomic E-state index is -0.880. The van der Waals surface area contributed by atoms with Crippen molar-refractivity contribution in [2.24, 2.45) is 0 Å². The summed E-state index contributed by atoms with van der Waals surface area (Å²) in [5.74, 6) is -2.57. The molecule has 114 valence electrons. The van der Waals surface area contributed by atoms with Gasteiger partial charge in [-0.1, -0.05) is 0 Å². The third-order valence-electron chi connectivity index (χ3n) is 3.12. The molecule has 7 heteroatoms. The van der Waals surface area contributed by atoms with Crippen molar-refractivity contribution >= 4 is 11.8 Å². The molecule has 2 amide bonds. The molecule has 0 aromatic heterocycles. The van der Waals surface area contributed by atoms with Gasteiger partial charge in [0.05, 0.1) is 0 Å². The molecule has 1 saturated heterocycles. The molecule has 5 nitrogen and oxygen atoms in total. The fourth-order valence-electron chi connectivity index (χ4n) is 2.05. The van der Waals surface area contributed by atoms with Crippen LogP contribution >= 0.6 is 0 Å². The van der Waals surface area contributed by atoms with Crippen molar-refractivity contribution in [2.75, 3.05) is 13.2 Å². The molecule has 0 unspecified atom stereocenters. The summed E-state index contributed by atoms with van der Waals surface area (Å²) in [6.07, 6.45) is 2.26. The Labute approximate surface area is 120 Å². The van der Waals surface area contributed by atoms with Crippen LogP contribution in [0.4, 0.5) is 8.78 Å². The Morgan fingerprint density at radius 2 is 2.19 bits per heavy atom. The number of hydrogen-bond donors (Lipinski definition) is 2. The molecule has 1 aliphatic heterocycles. The summed E-state index contributed by atoms with van der Waals surface area (Å²) < 4.78 is 31.0. The molecule has 1 aliphatic rings. The number of ether oxygens (including phenoxy) is 1. The first-order chi connectivity index (χ1) is 10.1. The van der Waals surface area contributed by atoms with Gasteiger partial charge in [-0.3, -0.25) is 9.59 Å². The van der Waals surface area contributed by atoms with Gasteiger partial charge in [-0.2, -0.15) is 0 Å². The van der Waals surface area contributed by atoms with Gasteiger partial charge in [0.25, 0.3) is 5.91 Å². The molecule has 1 aromatic carbocycles. The van der Waals surface area contributed by atoms with Crippen LogP contribution in [0.5, 0.6) is 5.75 Å². The van der Waals surface area contributed by atoms with Gasteiger partial charge in [-0.25, -0.2) is 8.78 Å². The molecule has 0 radical (unpaired) electrons. The molecule has 1 atom stereocenters. The van der Waals surface area contributed by atoms with Crippen LogP contribution in [-0.4, -0.2) is 31.0 Å². The second-order valence-electron chi connectivity index (χ2n) is 4.77. The fraction of sp³-hybridized carbons (Fsp3) is 0.429. The van der Waals surface area contributed by atoms with Gasteiger partial charge in [-0.05, 0) is 31.4 Å². The van der Waals surface area contributed by atoms with E-state index in [0.717, 1.165) is 25.0 Å². The quantitative estimate of drug-likeness (QED) is 0.875. The minimum Gasteiger partial charge on any atom is -0.481 e. The minimum absolute atomic E-state index is 0.211. The number of amides is 2. The molecular weight excluding hydrogens is 282 g/mol. The standard InChI is InChI=1S/C14H16F2N2O3/c15-9-4-5-12(10(16)7-9)21-8-13(19)18-11-3-1-2-6-17-14(11)20/h4-5,7,11H,1-3,6,8H2,(H,17,20)(H,18,19)/t11-/m1/s1. The highest BCUT2D eigenvalue weighted by Gasteiger charge is 2.22. The van der Waals surface area contributed by atoms with Crippen molar-refractivity contribution in [2.45, 2.75) is 25.3 Å². The van der Waals surface area contributed by atoms with Crippen molar-refractivity contribution in [1.82, 2.24) is 10.6 Å². The molecule has 21 heavy (non-hydrogen) atoms. The maximum atomic E-state index is 13.3. The topological polar surface area (TPSA) is 67.4 Å². The summed E-state index contributed by atoms with van der Waals surface area (Å²) in [4.78, 5) is 23.4. The van der Waals surface area contributed by atoms with Gasteiger partial charge in [0.15, 0.2) is 18.2 Å². The van der Waals surface area contributed by atoms with E-state index in [0.29, 0.717) is 19.0 Å². The molecule has 0 bridgehead atoms. The van der Waals surface area contributed by atoms with E-state index in [4.69, 9.17) is 4.74 Å². The SMILES string of the molecule is O=C(COc1ccc(F)cc1F)N[C@@H]1CCCCNC1=O. The van der Waals surface area contributed by atoms with E-state index in [-0.39, 0.29) is 11.7 Å². The highest BCUT2D eigenvalue weighted by molar-refractivity contribution is 5.88. The van der Waals surface area contributed by atoms with Crippen LogP contribution in [0, 0.1) is 11.6 Å². The number of nitrogens with one attached hydrogen (secondary N) is 2. The molecule has 1 aromatic rings. The number of carbonyl (C=O) groups is 2. The predicted molar refractivity (Wildman–Crippen MR) is 70.6 cm³/mol. The number of carbonyl (C=O) groups excluding carboxylic acids is 2. The molecule has 1 heterocycles. The highest BCUT2D eigenvalue weighted by atomic mass is 19.1. The first kappa shape index (κ1) is 15.2. The lowest BCUT2D eigenvalue weighted by atomic mass is 10.1. The van der Waals surface area contributed by atoms with Crippen LogP contribution in [0.15, 0.2) is 18.2 Å². The monoisotopic (exact) mass is 298 g/mol. The summed E-state index contributed by atoms with van der Waals surface area (Å²) in [6, 6.07) is 2.22. The molecule has 2 rings (SSSR count). The van der Waals surface area contributed by atoms with Crippen molar-refractivity contribution < 1.29 is 23.1 Å². The van der Waals surface area contributed by atoms with Crippen LogP contribution in [0.3, 0.4) is 0 Å². The first-order valence-electron chi connectivity index (χ1n) is 6.71. The molecule has 2 N–H and O–H groups in total. The third kappa shape index (κ3) is 4.40. The fourth-order valence-corrected chi connectivity index (χ4v) is 2.05. The third-order valence-corrected chi connectivity index (χ3v) is 3.12. The van der Waals surface area contributed by atoms with Crippen LogP contribution in [-0.2, 0) is 9.59 Å². The van der Waals surface area contributed by atoms with Crippen molar-refractivity contribution in [3.05, 3.63) is 29.8 Å². The zero-order valence-corrected chi connectivity index (χ0v) is 11.3. The van der Waals surface area contributed by atoms with Crippen molar-refractivity contribution in [3.8, 4) is 5.75 Å². The van der Waals surface area contributed by atoms with Crippen molar-refractivity contribution in [3.63, 3.8) is 0 Å². The number of rotatable bonds is 4. The van der Waals surface area contributed by atoms with Gasteiger partial charge >= 0.3 is 0 Å². The maximum absolute atomic E-state index is 13.3. The Balaban J connectivity index is 1.85. The van der Waals surface area contributed by atoms with Gasteiger partial charge in [0.1, 0.15) is 11.9 Å². The summed E-state index contributed by atoms with van der Waals surface area (Å²) >= 11 is 0. The normalized spacial score (nSPS) is 18.6. The Bertz CT molecular complexity index is 537. The Morgan fingerprint density at radius 1 is 1.38 bits per heavy atom. The van der Waals surface area contributed by atoms with Crippen molar-refractivity contribution in [1.29, 1.82) is 0 Å². The van der Waals surface area contributed by atoms with E-state index in [9.17, 15) is 18.4 Å². The summed E-state index contributed by atoms with van der Waals surface area (Å²) in [5, 5.41) is 5.23. The van der Waals surface area contributed by atoms with Gasteiger partial charge in [0.2, 0.25) is 5.91 Å². The van der Waals surface area contributed by atoms with E-state index < -0.39 is 30.2 Å². The number of halogens is 2. The molecular formula is C14H16F2N2O3. The second kappa shape index (κ2) is 7.01. The summed E-state index contributed by atoms with van der Waals surface area (Å²) in [7, 11) is 0. The van der Waals surface area contributed by atoms with E-state index in [2.05, 4.69) is 10.6 Å². The van der Waals surface area contributed by atoms with Gasteiger partial charge < -0.3 is 15.4 Å². The summed E-state index contributed by atoms with van der Waals surface area (Å²) in [5.41, 5.74) is 0. The lowest BCUT2D eigenvalue weighted by Gasteiger charge is -2.15. The predicted octanol–water partition coefficient (Wildman–Crippen LogP) is 1.13. The number of benzene rings is 1. The summed E-state index contributed by atoms with van der Waals surface area (Å²) in [6.45, 7) is 0.162. The number of hydrogen-bond acceptors (Lipinski definition) is 3.